The minimum atomic E-state index is -0.267. The summed E-state index contributed by atoms with van der Waals surface area (Å²) in [4.78, 5) is 11.4. The number of unbranched alkanes of at least 4 members (excludes halogenated alkanes) is 6. The predicted octanol–water partition coefficient (Wildman–Crippen LogP) is 4.08. The normalized spacial score (nSPS) is 11.5. The molecule has 2 heteroatoms. The van der Waals surface area contributed by atoms with Crippen LogP contribution in [0, 0.1) is 11.8 Å². The van der Waals surface area contributed by atoms with E-state index in [2.05, 4.69) is 18.8 Å². The third-order valence-corrected chi connectivity index (χ3v) is 2.64. The van der Waals surface area contributed by atoms with Gasteiger partial charge in [0.2, 0.25) is 0 Å². The maximum Gasteiger partial charge on any atom is 0.307 e. The molecule has 1 atom stereocenters. The van der Waals surface area contributed by atoms with Crippen molar-refractivity contribution in [3.8, 4) is 11.8 Å². The van der Waals surface area contributed by atoms with Crippen molar-refractivity contribution in [1.29, 1.82) is 0 Å². The third-order valence-electron chi connectivity index (χ3n) is 2.64. The number of carbonyl (C=O) groups is 1. The summed E-state index contributed by atoms with van der Waals surface area (Å²) in [6.07, 6.45) is 8.80. The largest absolute Gasteiger partial charge is 0.449 e. The van der Waals surface area contributed by atoms with Gasteiger partial charge in [-0.3, -0.25) is 4.79 Å². The third kappa shape index (κ3) is 11.3. The van der Waals surface area contributed by atoms with Crippen molar-refractivity contribution in [1.82, 2.24) is 0 Å². The molecule has 0 aliphatic heterocycles. The summed E-state index contributed by atoms with van der Waals surface area (Å²) in [5, 5.41) is 0. The predicted molar refractivity (Wildman–Crippen MR) is 71.6 cm³/mol. The Labute approximate surface area is 106 Å². The Kier molecular flexibility index (Phi) is 10.9. The first-order valence-electron chi connectivity index (χ1n) is 6.82. The second kappa shape index (κ2) is 11.5. The van der Waals surface area contributed by atoms with Crippen molar-refractivity contribution >= 4 is 5.97 Å². The summed E-state index contributed by atoms with van der Waals surface area (Å²) in [6, 6.07) is 0. The van der Waals surface area contributed by atoms with Crippen molar-refractivity contribution in [3.05, 3.63) is 0 Å². The van der Waals surface area contributed by atoms with Crippen LogP contribution in [0.3, 0.4) is 0 Å². The molecular weight excluding hydrogens is 212 g/mol. The minimum Gasteiger partial charge on any atom is -0.449 e. The van der Waals surface area contributed by atoms with Crippen molar-refractivity contribution in [2.75, 3.05) is 0 Å². The van der Waals surface area contributed by atoms with Crippen molar-refractivity contribution in [3.63, 3.8) is 0 Å². The van der Waals surface area contributed by atoms with Crippen LogP contribution >= 0.6 is 0 Å². The van der Waals surface area contributed by atoms with Gasteiger partial charge in [-0.2, -0.15) is 0 Å². The topological polar surface area (TPSA) is 26.3 Å². The molecule has 0 amide bonds. The average molecular weight is 238 g/mol. The molecule has 0 heterocycles. The van der Waals surface area contributed by atoms with Gasteiger partial charge < -0.3 is 4.74 Å². The number of hydrogen-bond acceptors (Lipinski definition) is 2. The van der Waals surface area contributed by atoms with Crippen LogP contribution in [0.4, 0.5) is 0 Å². The molecule has 2 nitrogen and oxygen atoms in total. The van der Waals surface area contributed by atoms with Crippen molar-refractivity contribution in [2.45, 2.75) is 78.2 Å². The number of ether oxygens (including phenoxy) is 1. The van der Waals surface area contributed by atoms with Gasteiger partial charge in [-0.1, -0.05) is 51.4 Å². The Balaban J connectivity index is 3.35. The molecule has 0 aromatic rings. The zero-order valence-electron chi connectivity index (χ0n) is 11.6. The molecule has 0 N–H and O–H groups in total. The van der Waals surface area contributed by atoms with Gasteiger partial charge in [-0.25, -0.2) is 0 Å². The summed E-state index contributed by atoms with van der Waals surface area (Å²) < 4.78 is 5.12. The van der Waals surface area contributed by atoms with Gasteiger partial charge in [0.05, 0.1) is 0 Å². The van der Waals surface area contributed by atoms with Crippen LogP contribution in [0.2, 0.25) is 0 Å². The molecule has 0 aromatic heterocycles. The number of rotatable bonds is 9. The first-order chi connectivity index (χ1) is 8.20. The molecule has 0 rings (SSSR count). The Morgan fingerprint density at radius 1 is 1.12 bits per heavy atom. The second-order valence-corrected chi connectivity index (χ2v) is 4.40. The standard InChI is InChI=1S/C15H26O2/c1-4-6-7-8-9-10-11-13-15(16)17-14(3)12-5-2/h14H,4,6-11,13H2,1-3H3. The van der Waals surface area contributed by atoms with Gasteiger partial charge in [-0.05, 0) is 20.3 Å². The Morgan fingerprint density at radius 2 is 1.71 bits per heavy atom. The van der Waals surface area contributed by atoms with Gasteiger partial charge in [0.15, 0.2) is 6.10 Å². The summed E-state index contributed by atoms with van der Waals surface area (Å²) in [7, 11) is 0. The highest BCUT2D eigenvalue weighted by atomic mass is 16.5. The first-order valence-corrected chi connectivity index (χ1v) is 6.82. The van der Waals surface area contributed by atoms with Gasteiger partial charge in [0.1, 0.15) is 0 Å². The lowest BCUT2D eigenvalue weighted by atomic mass is 10.1. The van der Waals surface area contributed by atoms with E-state index in [1.165, 1.54) is 32.1 Å². The van der Waals surface area contributed by atoms with E-state index in [0.29, 0.717) is 6.42 Å². The molecule has 0 radical (unpaired) electrons. The molecular formula is C15H26O2. The lowest BCUT2D eigenvalue weighted by Gasteiger charge is -2.07. The summed E-state index contributed by atoms with van der Waals surface area (Å²) in [6.45, 7) is 5.77. The van der Waals surface area contributed by atoms with Gasteiger partial charge in [0, 0.05) is 6.42 Å². The molecule has 0 saturated heterocycles. The monoisotopic (exact) mass is 238 g/mol. The van der Waals surface area contributed by atoms with E-state index in [1.54, 1.807) is 13.8 Å². The van der Waals surface area contributed by atoms with Gasteiger partial charge in [0.25, 0.3) is 0 Å². The van der Waals surface area contributed by atoms with Crippen LogP contribution in [-0.2, 0) is 9.53 Å². The fourth-order valence-corrected chi connectivity index (χ4v) is 1.72. The smallest absolute Gasteiger partial charge is 0.307 e. The lowest BCUT2D eigenvalue weighted by Crippen LogP contribution is -2.12. The van der Waals surface area contributed by atoms with Crippen molar-refractivity contribution in [2.24, 2.45) is 0 Å². The summed E-state index contributed by atoms with van der Waals surface area (Å²) >= 11 is 0. The molecule has 0 aliphatic rings. The summed E-state index contributed by atoms with van der Waals surface area (Å²) in [5.74, 6) is 5.43. The van der Waals surface area contributed by atoms with E-state index in [4.69, 9.17) is 4.74 Å². The van der Waals surface area contributed by atoms with Gasteiger partial charge in [-0.15, -0.1) is 5.92 Å². The number of hydrogen-bond donors (Lipinski definition) is 0. The SMILES string of the molecule is CC#CC(C)OC(=O)CCCCCCCCC. The fourth-order valence-electron chi connectivity index (χ4n) is 1.72. The molecule has 0 spiro atoms. The number of carbonyl (C=O) groups excluding carboxylic acids is 1. The molecule has 17 heavy (non-hydrogen) atoms. The van der Waals surface area contributed by atoms with E-state index in [0.717, 1.165) is 12.8 Å². The molecule has 1 unspecified atom stereocenters. The maximum absolute atomic E-state index is 11.4. The van der Waals surface area contributed by atoms with E-state index in [9.17, 15) is 4.79 Å². The van der Waals surface area contributed by atoms with Gasteiger partial charge >= 0.3 is 5.97 Å². The fraction of sp³-hybridized carbons (Fsp3) is 0.800. The van der Waals surface area contributed by atoms with Crippen LogP contribution in [0.1, 0.15) is 72.1 Å². The average Bonchev–Trinajstić information content (AvgIpc) is 2.28. The van der Waals surface area contributed by atoms with Crippen molar-refractivity contribution < 1.29 is 9.53 Å². The molecule has 0 fully saturated rings. The van der Waals surface area contributed by atoms with E-state index in [-0.39, 0.29) is 12.1 Å². The Hall–Kier alpha value is -0.970. The number of esters is 1. The second-order valence-electron chi connectivity index (χ2n) is 4.40. The molecule has 0 bridgehead atoms. The maximum atomic E-state index is 11.4. The van der Waals surface area contributed by atoms with E-state index in [1.807, 2.05) is 0 Å². The van der Waals surface area contributed by atoms with Crippen LogP contribution in [0.5, 0.6) is 0 Å². The summed E-state index contributed by atoms with van der Waals surface area (Å²) in [5.41, 5.74) is 0. The molecule has 0 saturated carbocycles. The minimum absolute atomic E-state index is 0.117. The Morgan fingerprint density at radius 3 is 2.29 bits per heavy atom. The molecule has 0 aromatic carbocycles. The molecule has 98 valence electrons. The first kappa shape index (κ1) is 16.0. The quantitative estimate of drug-likeness (QED) is 0.344. The van der Waals surface area contributed by atoms with Crippen LogP contribution < -0.4 is 0 Å². The highest BCUT2D eigenvalue weighted by Gasteiger charge is 2.06. The van der Waals surface area contributed by atoms with E-state index >= 15 is 0 Å². The zero-order chi connectivity index (χ0) is 12.9. The van der Waals surface area contributed by atoms with Crippen LogP contribution in [-0.4, -0.2) is 12.1 Å². The van der Waals surface area contributed by atoms with Crippen LogP contribution in [0.15, 0.2) is 0 Å². The highest BCUT2D eigenvalue weighted by molar-refractivity contribution is 5.69. The van der Waals surface area contributed by atoms with E-state index < -0.39 is 0 Å². The zero-order valence-corrected chi connectivity index (χ0v) is 11.6. The Bertz CT molecular complexity index is 247. The molecule has 0 aliphatic carbocycles. The highest BCUT2D eigenvalue weighted by Crippen LogP contribution is 2.09. The van der Waals surface area contributed by atoms with Crippen LogP contribution in [0.25, 0.3) is 0 Å². The lowest BCUT2D eigenvalue weighted by molar-refractivity contribution is -0.145.